The predicted molar refractivity (Wildman–Crippen MR) is 287 cm³/mol. The molecule has 32 unspecified atom stereocenters. The zero-order valence-electron chi connectivity index (χ0n) is 49.7. The van der Waals surface area contributed by atoms with Crippen molar-refractivity contribution in [3.05, 3.63) is 11.6 Å². The number of aliphatic hydroxyl groups excluding tert-OH is 14. The number of hydrogen-bond acceptors (Lipinski definition) is 25. The first kappa shape index (κ1) is 65.2. The first-order valence-electron chi connectivity index (χ1n) is 30.5. The number of fused-ring (bicyclic) bond motifs is 7. The summed E-state index contributed by atoms with van der Waals surface area (Å²) in [5, 5.41) is 151. The maximum absolute atomic E-state index is 15.2. The maximum atomic E-state index is 15.2. The van der Waals surface area contributed by atoms with Crippen molar-refractivity contribution in [2.24, 2.45) is 50.2 Å². The van der Waals surface area contributed by atoms with Crippen molar-refractivity contribution in [3.63, 3.8) is 0 Å². The maximum Gasteiger partial charge on any atom is 0.315 e. The summed E-state index contributed by atoms with van der Waals surface area (Å²) >= 11 is 0. The van der Waals surface area contributed by atoms with E-state index in [1.807, 2.05) is 0 Å². The molecule has 32 atom stereocenters. The Balaban J connectivity index is 0.802. The molecule has 4 saturated carbocycles. The molecular weight excluding hydrogens is 1110 g/mol. The molecule has 25 nitrogen and oxygen atoms in total. The van der Waals surface area contributed by atoms with Crippen LogP contribution in [0.3, 0.4) is 0 Å². The quantitative estimate of drug-likeness (QED) is 0.0600. The summed E-state index contributed by atoms with van der Waals surface area (Å²) in [5.74, 6) is -0.395. The number of rotatable bonds is 12. The van der Waals surface area contributed by atoms with Gasteiger partial charge in [-0.2, -0.15) is 0 Å². The molecule has 0 spiro atoms. The van der Waals surface area contributed by atoms with Gasteiger partial charge in [-0.3, -0.25) is 4.79 Å². The Hall–Kier alpha value is -1.71. The van der Waals surface area contributed by atoms with Crippen molar-refractivity contribution in [3.8, 4) is 0 Å². The molecule has 5 aliphatic heterocycles. The highest BCUT2D eigenvalue weighted by Gasteiger charge is 2.70. The normalized spacial score (nSPS) is 54.6. The number of carbonyl (C=O) groups is 1. The number of carbonyl (C=O) groups excluding carboxylic acids is 1. The van der Waals surface area contributed by atoms with Crippen LogP contribution in [-0.2, 0) is 52.2 Å². The molecule has 14 N–H and O–H groups in total. The minimum Gasteiger partial charge on any atom is -0.432 e. The van der Waals surface area contributed by atoms with Crippen molar-refractivity contribution >= 4 is 5.97 Å². The van der Waals surface area contributed by atoms with Crippen LogP contribution in [0.15, 0.2) is 11.6 Å². The highest BCUT2D eigenvalue weighted by molar-refractivity contribution is 5.79. The number of ether oxygens (including phenoxy) is 10. The van der Waals surface area contributed by atoms with E-state index in [0.717, 1.165) is 25.7 Å². The van der Waals surface area contributed by atoms with Crippen LogP contribution in [0.1, 0.15) is 127 Å². The summed E-state index contributed by atoms with van der Waals surface area (Å²) in [6.07, 6.45) is -27.5. The van der Waals surface area contributed by atoms with Crippen molar-refractivity contribution in [1.29, 1.82) is 0 Å². The second-order valence-electron chi connectivity index (χ2n) is 28.6. The minimum atomic E-state index is -1.88. The third-order valence-corrected chi connectivity index (χ3v) is 23.1. The lowest BCUT2D eigenvalue weighted by molar-refractivity contribution is -0.361. The molecule has 5 aliphatic carbocycles. The van der Waals surface area contributed by atoms with Gasteiger partial charge < -0.3 is 119 Å². The molecule has 0 bridgehead atoms. The molecule has 482 valence electrons. The summed E-state index contributed by atoms with van der Waals surface area (Å²) in [6, 6.07) is 0. The topological polar surface area (TPSA) is 393 Å². The summed E-state index contributed by atoms with van der Waals surface area (Å²) in [6.45, 7) is 17.4. The molecule has 5 heterocycles. The summed E-state index contributed by atoms with van der Waals surface area (Å²) in [4.78, 5) is 15.2. The molecule has 10 aliphatic rings. The molecule has 0 aromatic carbocycles. The lowest BCUT2D eigenvalue weighted by Gasteiger charge is -2.71. The fraction of sp³-hybridized carbons (Fsp3) is 0.949. The molecule has 25 heteroatoms. The van der Waals surface area contributed by atoms with Crippen LogP contribution in [0.4, 0.5) is 0 Å². The van der Waals surface area contributed by atoms with Gasteiger partial charge in [-0.15, -0.1) is 0 Å². The molecular formula is C59H96O25. The van der Waals surface area contributed by atoms with Crippen LogP contribution in [0.2, 0.25) is 0 Å². The van der Waals surface area contributed by atoms with Crippen LogP contribution in [0, 0.1) is 50.2 Å². The van der Waals surface area contributed by atoms with Crippen LogP contribution in [-0.4, -0.2) is 251 Å². The summed E-state index contributed by atoms with van der Waals surface area (Å²) in [7, 11) is 0. The third kappa shape index (κ3) is 10.9. The Bertz CT molecular complexity index is 2340. The van der Waals surface area contributed by atoms with Crippen LogP contribution >= 0.6 is 0 Å². The van der Waals surface area contributed by atoms with Gasteiger partial charge in [0.25, 0.3) is 0 Å². The van der Waals surface area contributed by atoms with Gasteiger partial charge in [-0.25, -0.2) is 0 Å². The average molecular weight is 1210 g/mol. The Morgan fingerprint density at radius 3 is 1.77 bits per heavy atom. The molecule has 0 aromatic heterocycles. The molecule has 9 fully saturated rings. The second-order valence-corrected chi connectivity index (χ2v) is 28.6. The molecule has 0 amide bonds. The fourth-order valence-electron chi connectivity index (χ4n) is 17.5. The van der Waals surface area contributed by atoms with Gasteiger partial charge in [0.05, 0.1) is 43.5 Å². The summed E-state index contributed by atoms with van der Waals surface area (Å²) < 4.78 is 59.0. The number of allylic oxidation sites excluding steroid dienone is 2. The zero-order chi connectivity index (χ0) is 61.3. The number of esters is 1. The Kier molecular flexibility index (Phi) is 18.5. The molecule has 5 saturated heterocycles. The minimum absolute atomic E-state index is 0.143. The van der Waals surface area contributed by atoms with Crippen molar-refractivity contribution in [2.75, 3.05) is 19.8 Å². The lowest BCUT2D eigenvalue weighted by atomic mass is 9.33. The Morgan fingerprint density at radius 1 is 0.560 bits per heavy atom. The third-order valence-electron chi connectivity index (χ3n) is 23.1. The standard InChI is InChI=1S/C59H96O25/c1-24-34(61)38(65)43(70)50(77-24)80-30-23-76-49(42(69)37(30)64)82-33-13-14-56(7)31(55(33,5)6)12-15-58(9)32(56)11-10-26-27-20-54(3,4)16-18-59(27,19-17-57(26,58)8)53(74)84-52-45(72)40(67)36(63)29(81-52)22-75-48-46(73)41(68)47(28(21-60)79-48)83-51-44(71)39(66)35(62)25(2)78-51/h10,24-25,27-52,60-73H,11-23H2,1-9H3. The first-order chi connectivity index (χ1) is 39.3. The van der Waals surface area contributed by atoms with E-state index in [0.29, 0.717) is 38.5 Å². The molecule has 0 aromatic rings. The van der Waals surface area contributed by atoms with Crippen LogP contribution < -0.4 is 0 Å². The average Bonchev–Trinajstić information content (AvgIpc) is 0.692. The van der Waals surface area contributed by atoms with Gasteiger partial charge >= 0.3 is 5.97 Å². The highest BCUT2D eigenvalue weighted by Crippen LogP contribution is 2.76. The van der Waals surface area contributed by atoms with E-state index in [1.54, 1.807) is 0 Å². The Labute approximate surface area is 490 Å². The second kappa shape index (κ2) is 23.8. The number of hydrogen-bond donors (Lipinski definition) is 14. The monoisotopic (exact) mass is 1200 g/mol. The van der Waals surface area contributed by atoms with Gasteiger partial charge in [0.1, 0.15) is 104 Å². The molecule has 0 radical (unpaired) electrons. The van der Waals surface area contributed by atoms with Gasteiger partial charge in [0.15, 0.2) is 25.2 Å². The van der Waals surface area contributed by atoms with Gasteiger partial charge in [-0.05, 0) is 123 Å². The van der Waals surface area contributed by atoms with Gasteiger partial charge in [0.2, 0.25) is 6.29 Å². The SMILES string of the molecule is CC1OC(OC2COC(OC3CCC4(C)C(CCC5(C)C4CC=C4C6CC(C)(C)CCC6(C(=O)OC6OC(COC7OC(CO)C(OC8OC(C)C(O)C(O)C8O)C(O)C7O)C(O)C(O)C6O)CCC45C)C3(C)C)C(O)C2O)C(O)C(O)C1O. The van der Waals surface area contributed by atoms with Crippen LogP contribution in [0.25, 0.3) is 0 Å². The van der Waals surface area contributed by atoms with E-state index in [4.69, 9.17) is 47.4 Å². The van der Waals surface area contributed by atoms with E-state index in [1.165, 1.54) is 19.4 Å². The predicted octanol–water partition coefficient (Wildman–Crippen LogP) is -1.52. The lowest BCUT2D eigenvalue weighted by Crippen LogP contribution is -2.66. The van der Waals surface area contributed by atoms with E-state index in [-0.39, 0.29) is 52.1 Å². The van der Waals surface area contributed by atoms with E-state index in [9.17, 15) is 71.5 Å². The Morgan fingerprint density at radius 2 is 1.13 bits per heavy atom. The summed E-state index contributed by atoms with van der Waals surface area (Å²) in [5.41, 5.74) is -1.01. The van der Waals surface area contributed by atoms with Gasteiger partial charge in [-0.1, -0.05) is 60.1 Å². The van der Waals surface area contributed by atoms with E-state index < -0.39 is 177 Å². The number of aliphatic hydroxyl groups is 14. The van der Waals surface area contributed by atoms with Crippen molar-refractivity contribution in [2.45, 2.75) is 280 Å². The van der Waals surface area contributed by atoms with E-state index in [2.05, 4.69) is 54.5 Å². The van der Waals surface area contributed by atoms with Crippen molar-refractivity contribution < 1.29 is 124 Å². The highest BCUT2D eigenvalue weighted by atomic mass is 16.8. The smallest absolute Gasteiger partial charge is 0.315 e. The zero-order valence-corrected chi connectivity index (χ0v) is 49.7. The van der Waals surface area contributed by atoms with Crippen LogP contribution in [0.5, 0.6) is 0 Å². The first-order valence-corrected chi connectivity index (χ1v) is 30.5. The molecule has 10 rings (SSSR count). The van der Waals surface area contributed by atoms with E-state index >= 15 is 4.79 Å². The largest absolute Gasteiger partial charge is 0.432 e. The van der Waals surface area contributed by atoms with Crippen molar-refractivity contribution in [1.82, 2.24) is 0 Å². The fourth-order valence-corrected chi connectivity index (χ4v) is 17.5. The van der Waals surface area contributed by atoms with Gasteiger partial charge in [0, 0.05) is 0 Å². The molecule has 84 heavy (non-hydrogen) atoms.